The molecule has 0 unspecified atom stereocenters. The number of carbonyl (C=O) groups excluding carboxylic acids is 3. The molecule has 0 bridgehead atoms. The van der Waals surface area contributed by atoms with Crippen LogP contribution >= 0.6 is 11.8 Å². The Morgan fingerprint density at radius 1 is 0.923 bits per heavy atom. The Hall–Kier alpha value is -4.24. The summed E-state index contributed by atoms with van der Waals surface area (Å²) in [6.45, 7) is 0. The van der Waals surface area contributed by atoms with Crippen molar-refractivity contribution in [3.63, 3.8) is 0 Å². The number of methoxy groups -OCH3 is 2. The van der Waals surface area contributed by atoms with Crippen LogP contribution < -0.4 is 14.8 Å². The standard InChI is InChI=1S/C30H28N2O6S/c1-36-22-12-8-20(9-13-22)27(21-10-14-23(37-2)15-11-21)38-30(35)24-16-17-39-29-26(28(34)32(24)29)31-25(33)18-19-6-4-3-5-7-19/h3-16,26-27,29H,17-18H2,1-2H3,(H,31,33)/t26-,29+/m1/s1. The van der Waals surface area contributed by atoms with Crippen molar-refractivity contribution >= 4 is 29.5 Å². The van der Waals surface area contributed by atoms with Gasteiger partial charge in [-0.05, 0) is 47.0 Å². The Labute approximate surface area is 230 Å². The van der Waals surface area contributed by atoms with Gasteiger partial charge in [0.05, 0.1) is 20.6 Å². The summed E-state index contributed by atoms with van der Waals surface area (Å²) in [6.07, 6.45) is 1.15. The van der Waals surface area contributed by atoms with Gasteiger partial charge in [-0.1, -0.05) is 54.6 Å². The van der Waals surface area contributed by atoms with Crippen LogP contribution in [0.4, 0.5) is 0 Å². The lowest BCUT2D eigenvalue weighted by Gasteiger charge is -2.48. The molecule has 0 aromatic heterocycles. The molecule has 3 aromatic rings. The van der Waals surface area contributed by atoms with Crippen LogP contribution in [-0.2, 0) is 25.5 Å². The third kappa shape index (κ3) is 5.63. The van der Waals surface area contributed by atoms with Crippen molar-refractivity contribution in [2.24, 2.45) is 0 Å². The second-order valence-corrected chi connectivity index (χ2v) is 10.2. The molecule has 1 saturated heterocycles. The van der Waals surface area contributed by atoms with E-state index in [0.29, 0.717) is 17.3 Å². The number of β-lactam (4-membered cyclic amide) rings is 1. The summed E-state index contributed by atoms with van der Waals surface area (Å²) in [5.74, 6) is 0.693. The number of hydrogen-bond donors (Lipinski definition) is 1. The number of nitrogens with one attached hydrogen (secondary N) is 1. The maximum Gasteiger partial charge on any atom is 0.355 e. The van der Waals surface area contributed by atoms with Crippen LogP contribution in [0.2, 0.25) is 0 Å². The molecule has 2 heterocycles. The Kier molecular flexibility index (Phi) is 7.88. The summed E-state index contributed by atoms with van der Waals surface area (Å²) >= 11 is 1.49. The normalized spacial score (nSPS) is 18.0. The minimum atomic E-state index is -0.721. The molecular weight excluding hydrogens is 516 g/mol. The Bertz CT molecular complexity index is 1330. The van der Waals surface area contributed by atoms with E-state index in [0.717, 1.165) is 16.7 Å². The number of hydrogen-bond acceptors (Lipinski definition) is 7. The molecule has 5 rings (SSSR count). The lowest BCUT2D eigenvalue weighted by Crippen LogP contribution is -2.70. The molecule has 1 fully saturated rings. The largest absolute Gasteiger partial charge is 0.497 e. The zero-order valence-electron chi connectivity index (χ0n) is 21.5. The van der Waals surface area contributed by atoms with E-state index >= 15 is 0 Å². The zero-order chi connectivity index (χ0) is 27.4. The Morgan fingerprint density at radius 2 is 1.51 bits per heavy atom. The van der Waals surface area contributed by atoms with E-state index in [9.17, 15) is 14.4 Å². The fourth-order valence-corrected chi connectivity index (χ4v) is 5.78. The molecule has 3 aromatic carbocycles. The van der Waals surface area contributed by atoms with Crippen molar-refractivity contribution in [1.29, 1.82) is 0 Å². The van der Waals surface area contributed by atoms with E-state index in [1.807, 2.05) is 54.6 Å². The second kappa shape index (κ2) is 11.7. The summed E-state index contributed by atoms with van der Waals surface area (Å²) in [4.78, 5) is 40.6. The summed E-state index contributed by atoms with van der Waals surface area (Å²) in [7, 11) is 3.17. The van der Waals surface area contributed by atoms with E-state index in [1.165, 1.54) is 16.7 Å². The molecule has 0 aliphatic carbocycles. The summed E-state index contributed by atoms with van der Waals surface area (Å²) in [6, 6.07) is 23.2. The summed E-state index contributed by atoms with van der Waals surface area (Å²) in [5, 5.41) is 2.46. The van der Waals surface area contributed by atoms with Gasteiger partial charge >= 0.3 is 5.97 Å². The number of nitrogens with zero attached hydrogens (tertiary/aromatic N) is 1. The Morgan fingerprint density at radius 3 is 2.08 bits per heavy atom. The molecule has 200 valence electrons. The molecule has 0 saturated carbocycles. The van der Waals surface area contributed by atoms with Gasteiger partial charge in [0.1, 0.15) is 28.6 Å². The molecule has 2 amide bonds. The first-order chi connectivity index (χ1) is 19.0. The first-order valence-corrected chi connectivity index (χ1v) is 13.5. The number of benzene rings is 3. The lowest BCUT2D eigenvalue weighted by atomic mass is 10.0. The van der Waals surface area contributed by atoms with Gasteiger partial charge in [-0.15, -0.1) is 11.8 Å². The van der Waals surface area contributed by atoms with Crippen molar-refractivity contribution in [2.75, 3.05) is 20.0 Å². The maximum absolute atomic E-state index is 13.5. The first-order valence-electron chi connectivity index (χ1n) is 12.5. The van der Waals surface area contributed by atoms with E-state index in [4.69, 9.17) is 14.2 Å². The van der Waals surface area contributed by atoms with E-state index in [1.54, 1.807) is 44.6 Å². The predicted molar refractivity (Wildman–Crippen MR) is 147 cm³/mol. The van der Waals surface area contributed by atoms with Gasteiger partial charge in [0.25, 0.3) is 5.91 Å². The third-order valence-corrected chi connectivity index (χ3v) is 7.83. The van der Waals surface area contributed by atoms with Gasteiger partial charge in [0, 0.05) is 5.75 Å². The van der Waals surface area contributed by atoms with Crippen LogP contribution in [0.25, 0.3) is 0 Å². The fourth-order valence-electron chi connectivity index (χ4n) is 4.59. The van der Waals surface area contributed by atoms with Gasteiger partial charge in [-0.25, -0.2) is 4.79 Å². The zero-order valence-corrected chi connectivity index (χ0v) is 22.4. The highest BCUT2D eigenvalue weighted by molar-refractivity contribution is 8.00. The van der Waals surface area contributed by atoms with Crippen molar-refractivity contribution < 1.29 is 28.6 Å². The minimum absolute atomic E-state index is 0.179. The molecule has 0 spiro atoms. The number of rotatable bonds is 9. The van der Waals surface area contributed by atoms with Crippen LogP contribution in [0.3, 0.4) is 0 Å². The van der Waals surface area contributed by atoms with Crippen LogP contribution in [0.15, 0.2) is 90.6 Å². The van der Waals surface area contributed by atoms with Gasteiger partial charge in [0.15, 0.2) is 6.10 Å². The quantitative estimate of drug-likeness (QED) is 0.323. The molecule has 39 heavy (non-hydrogen) atoms. The van der Waals surface area contributed by atoms with Crippen LogP contribution in [0.5, 0.6) is 11.5 Å². The molecule has 2 aliphatic heterocycles. The van der Waals surface area contributed by atoms with Crippen molar-refractivity contribution in [2.45, 2.75) is 23.9 Å². The fraction of sp³-hybridized carbons (Fsp3) is 0.233. The molecular formula is C30H28N2O6S. The highest BCUT2D eigenvalue weighted by atomic mass is 32.2. The number of esters is 1. The van der Waals surface area contributed by atoms with Crippen LogP contribution in [0, 0.1) is 0 Å². The van der Waals surface area contributed by atoms with Gasteiger partial charge in [0.2, 0.25) is 5.91 Å². The molecule has 0 radical (unpaired) electrons. The molecule has 1 N–H and O–H groups in total. The second-order valence-electron chi connectivity index (χ2n) is 9.06. The number of thioether (sulfide) groups is 1. The molecule has 2 aliphatic rings. The van der Waals surface area contributed by atoms with Gasteiger partial charge < -0.3 is 19.5 Å². The van der Waals surface area contributed by atoms with E-state index in [-0.39, 0.29) is 29.3 Å². The molecule has 2 atom stereocenters. The van der Waals surface area contributed by atoms with Crippen LogP contribution in [-0.4, -0.2) is 54.1 Å². The highest BCUT2D eigenvalue weighted by Gasteiger charge is 2.53. The highest BCUT2D eigenvalue weighted by Crippen LogP contribution is 2.39. The number of carbonyl (C=O) groups is 3. The van der Waals surface area contributed by atoms with Crippen molar-refractivity contribution in [3.05, 3.63) is 107 Å². The average molecular weight is 545 g/mol. The minimum Gasteiger partial charge on any atom is -0.497 e. The van der Waals surface area contributed by atoms with Gasteiger partial charge in [-0.2, -0.15) is 0 Å². The van der Waals surface area contributed by atoms with Gasteiger partial charge in [-0.3, -0.25) is 14.5 Å². The molecule has 8 nitrogen and oxygen atoms in total. The predicted octanol–water partition coefficient (Wildman–Crippen LogP) is 3.86. The monoisotopic (exact) mass is 544 g/mol. The third-order valence-electron chi connectivity index (χ3n) is 6.64. The Balaban J connectivity index is 1.31. The number of ether oxygens (including phenoxy) is 3. The molecule has 9 heteroatoms. The first kappa shape index (κ1) is 26.4. The summed E-state index contributed by atoms with van der Waals surface area (Å²) < 4.78 is 16.6. The maximum atomic E-state index is 13.5. The lowest BCUT2D eigenvalue weighted by molar-refractivity contribution is -0.154. The number of fused-ring (bicyclic) bond motifs is 1. The SMILES string of the molecule is COc1ccc(C(OC(=O)C2=CCS[C@H]3[C@H](NC(=O)Cc4ccccc4)C(=O)N23)c2ccc(OC)cc2)cc1. The van der Waals surface area contributed by atoms with E-state index < -0.39 is 18.1 Å². The van der Waals surface area contributed by atoms with Crippen molar-refractivity contribution in [3.8, 4) is 11.5 Å². The topological polar surface area (TPSA) is 94.2 Å². The smallest absolute Gasteiger partial charge is 0.355 e. The van der Waals surface area contributed by atoms with Crippen molar-refractivity contribution in [1.82, 2.24) is 10.2 Å². The number of amides is 2. The summed E-state index contributed by atoms with van der Waals surface area (Å²) in [5.41, 5.74) is 2.54. The van der Waals surface area contributed by atoms with Crippen LogP contribution in [0.1, 0.15) is 22.8 Å². The van der Waals surface area contributed by atoms with E-state index in [2.05, 4.69) is 5.32 Å². The average Bonchev–Trinajstić information content (AvgIpc) is 2.98.